The Bertz CT molecular complexity index is 691. The van der Waals surface area contributed by atoms with Crippen LogP contribution in [0.5, 0.6) is 0 Å². The fourth-order valence-corrected chi connectivity index (χ4v) is 2.00. The van der Waals surface area contributed by atoms with E-state index in [0.29, 0.717) is 0 Å². The molecule has 0 saturated heterocycles. The second-order valence-electron chi connectivity index (χ2n) is 4.24. The van der Waals surface area contributed by atoms with Gasteiger partial charge >= 0.3 is 0 Å². The van der Waals surface area contributed by atoms with Gasteiger partial charge in [0.05, 0.1) is 5.52 Å². The van der Waals surface area contributed by atoms with Crippen LogP contribution in [0.25, 0.3) is 16.4 Å². The molecule has 0 aliphatic rings. The minimum absolute atomic E-state index is 1.06. The van der Waals surface area contributed by atoms with Crippen molar-refractivity contribution < 1.29 is 0 Å². The Balaban J connectivity index is 0.000000117. The number of fused-ring (bicyclic) bond motifs is 2. The van der Waals surface area contributed by atoms with Crippen LogP contribution in [0, 0.1) is 0 Å². The van der Waals surface area contributed by atoms with Gasteiger partial charge < -0.3 is 4.40 Å². The average Bonchev–Trinajstić information content (AvgIpc) is 2.96. The zero-order valence-electron chi connectivity index (χ0n) is 10.5. The van der Waals surface area contributed by atoms with Crippen LogP contribution in [0.3, 0.4) is 0 Å². The fraction of sp³-hybridized carbons (Fsp3) is 0. The molecule has 0 unspecified atom stereocenters. The van der Waals surface area contributed by atoms with E-state index < -0.39 is 0 Å². The van der Waals surface area contributed by atoms with E-state index in [1.165, 1.54) is 10.9 Å². The molecule has 0 amide bonds. The van der Waals surface area contributed by atoms with Crippen molar-refractivity contribution in [3.8, 4) is 0 Å². The maximum absolute atomic E-state index is 4.18. The van der Waals surface area contributed by atoms with E-state index in [1.807, 2.05) is 61.1 Å². The van der Waals surface area contributed by atoms with Crippen LogP contribution in [0.2, 0.25) is 0 Å². The van der Waals surface area contributed by atoms with Gasteiger partial charge in [0, 0.05) is 29.5 Å². The molecular weight excluding hydrogens is 232 g/mol. The van der Waals surface area contributed by atoms with Gasteiger partial charge in [-0.15, -0.1) is 0 Å². The number of aromatic nitrogens is 2. The molecule has 1 aromatic carbocycles. The lowest BCUT2D eigenvalue weighted by Gasteiger charge is -1.91. The molecule has 92 valence electrons. The molecule has 0 aliphatic heterocycles. The van der Waals surface area contributed by atoms with Crippen LogP contribution >= 0.6 is 0 Å². The van der Waals surface area contributed by atoms with Crippen LogP contribution in [0.1, 0.15) is 0 Å². The summed E-state index contributed by atoms with van der Waals surface area (Å²) in [5, 5.41) is 1.20. The summed E-state index contributed by atoms with van der Waals surface area (Å²) in [7, 11) is 0. The third-order valence-corrected chi connectivity index (χ3v) is 2.95. The summed E-state index contributed by atoms with van der Waals surface area (Å²) in [6.45, 7) is 0. The smallest absolute Gasteiger partial charge is 0.0701 e. The van der Waals surface area contributed by atoms with E-state index in [9.17, 15) is 0 Å². The van der Waals surface area contributed by atoms with Gasteiger partial charge in [-0.1, -0.05) is 30.3 Å². The first-order valence-corrected chi connectivity index (χ1v) is 6.25. The Morgan fingerprint density at radius 3 is 2.32 bits per heavy atom. The van der Waals surface area contributed by atoms with Crippen LogP contribution in [-0.2, 0) is 0 Å². The Morgan fingerprint density at radius 2 is 1.42 bits per heavy atom. The normalized spacial score (nSPS) is 10.1. The van der Waals surface area contributed by atoms with E-state index in [2.05, 4.69) is 33.7 Å². The first-order valence-electron chi connectivity index (χ1n) is 6.25. The third-order valence-electron chi connectivity index (χ3n) is 2.95. The number of hydrogen-bond donors (Lipinski definition) is 0. The summed E-state index contributed by atoms with van der Waals surface area (Å²) in [6, 6.07) is 22.3. The molecule has 4 rings (SSSR count). The number of pyridine rings is 2. The largest absolute Gasteiger partial charge is 0.324 e. The molecule has 0 N–H and O–H groups in total. The van der Waals surface area contributed by atoms with Gasteiger partial charge in [0.2, 0.25) is 0 Å². The number of rotatable bonds is 0. The molecule has 0 saturated carbocycles. The quantitative estimate of drug-likeness (QED) is 0.455. The van der Waals surface area contributed by atoms with Crippen molar-refractivity contribution in [2.75, 3.05) is 0 Å². The van der Waals surface area contributed by atoms with Crippen molar-refractivity contribution in [1.82, 2.24) is 9.38 Å². The highest BCUT2D eigenvalue weighted by molar-refractivity contribution is 5.77. The lowest BCUT2D eigenvalue weighted by molar-refractivity contribution is 1.20. The highest BCUT2D eigenvalue weighted by Crippen LogP contribution is 2.07. The first kappa shape index (κ1) is 11.5. The lowest BCUT2D eigenvalue weighted by atomic mass is 10.2. The molecule has 0 aliphatic carbocycles. The summed E-state index contributed by atoms with van der Waals surface area (Å²) in [6.07, 6.45) is 5.88. The summed E-state index contributed by atoms with van der Waals surface area (Å²) < 4.78 is 2.08. The van der Waals surface area contributed by atoms with E-state index in [4.69, 9.17) is 0 Å². The predicted octanol–water partition coefficient (Wildman–Crippen LogP) is 4.17. The minimum Gasteiger partial charge on any atom is -0.324 e. The van der Waals surface area contributed by atoms with E-state index in [1.54, 1.807) is 0 Å². The molecule has 0 atom stereocenters. The average molecular weight is 246 g/mol. The summed E-state index contributed by atoms with van der Waals surface area (Å²) in [4.78, 5) is 4.18. The van der Waals surface area contributed by atoms with E-state index in [0.717, 1.165) is 5.52 Å². The van der Waals surface area contributed by atoms with Crippen LogP contribution in [0.15, 0.2) is 85.3 Å². The van der Waals surface area contributed by atoms with Crippen LogP contribution in [-0.4, -0.2) is 9.38 Å². The molecule has 3 aromatic heterocycles. The second-order valence-corrected chi connectivity index (χ2v) is 4.24. The minimum atomic E-state index is 1.06. The van der Waals surface area contributed by atoms with Crippen LogP contribution < -0.4 is 0 Å². The molecule has 0 fully saturated rings. The van der Waals surface area contributed by atoms with Gasteiger partial charge in [0.25, 0.3) is 0 Å². The van der Waals surface area contributed by atoms with E-state index >= 15 is 0 Å². The molecule has 3 heterocycles. The molecule has 0 spiro atoms. The zero-order chi connectivity index (χ0) is 12.9. The maximum Gasteiger partial charge on any atom is 0.0701 e. The number of para-hydroxylation sites is 1. The van der Waals surface area contributed by atoms with Gasteiger partial charge in [-0.2, -0.15) is 0 Å². The van der Waals surface area contributed by atoms with Gasteiger partial charge in [0.1, 0.15) is 0 Å². The highest BCUT2D eigenvalue weighted by Gasteiger charge is 1.86. The first-order chi connectivity index (χ1) is 9.43. The molecule has 0 bridgehead atoms. The Labute approximate surface area is 112 Å². The summed E-state index contributed by atoms with van der Waals surface area (Å²) in [5.41, 5.74) is 2.31. The summed E-state index contributed by atoms with van der Waals surface area (Å²) >= 11 is 0. The third kappa shape index (κ3) is 2.63. The monoisotopic (exact) mass is 246 g/mol. The standard InChI is InChI=1S/C9H7N.C8H7N/c1-2-6-9-8(4-1)5-3-7-10-9;1-2-6-9-7-3-5-8(9)4-1/h1-7H;1-7H. The van der Waals surface area contributed by atoms with Gasteiger partial charge in [-0.05, 0) is 36.4 Å². The van der Waals surface area contributed by atoms with Crippen molar-refractivity contribution in [3.63, 3.8) is 0 Å². The van der Waals surface area contributed by atoms with Crippen molar-refractivity contribution >= 4 is 16.4 Å². The van der Waals surface area contributed by atoms with Crippen molar-refractivity contribution in [2.24, 2.45) is 0 Å². The molecular formula is C17H14N2. The van der Waals surface area contributed by atoms with Crippen molar-refractivity contribution in [3.05, 3.63) is 85.3 Å². The van der Waals surface area contributed by atoms with Crippen molar-refractivity contribution in [1.29, 1.82) is 0 Å². The molecule has 2 heteroatoms. The number of hydrogen-bond acceptors (Lipinski definition) is 1. The highest BCUT2D eigenvalue weighted by atomic mass is 14.8. The molecule has 0 radical (unpaired) electrons. The topological polar surface area (TPSA) is 17.3 Å². The summed E-state index contributed by atoms with van der Waals surface area (Å²) in [5.74, 6) is 0. The van der Waals surface area contributed by atoms with E-state index in [-0.39, 0.29) is 0 Å². The Kier molecular flexibility index (Phi) is 3.24. The van der Waals surface area contributed by atoms with Gasteiger partial charge in [0.15, 0.2) is 0 Å². The van der Waals surface area contributed by atoms with Crippen LogP contribution in [0.4, 0.5) is 0 Å². The Morgan fingerprint density at radius 1 is 0.684 bits per heavy atom. The number of nitrogens with zero attached hydrogens (tertiary/aromatic N) is 2. The SMILES string of the molecule is c1ccc2ncccc2c1.c1ccn2cccc2c1. The second kappa shape index (κ2) is 5.36. The molecule has 19 heavy (non-hydrogen) atoms. The van der Waals surface area contributed by atoms with Gasteiger partial charge in [-0.3, -0.25) is 4.98 Å². The predicted molar refractivity (Wildman–Crippen MR) is 79.1 cm³/mol. The number of benzene rings is 1. The molecule has 4 aromatic rings. The van der Waals surface area contributed by atoms with Gasteiger partial charge in [-0.25, -0.2) is 0 Å². The Hall–Kier alpha value is -2.61. The molecule has 2 nitrogen and oxygen atoms in total. The lowest BCUT2D eigenvalue weighted by Crippen LogP contribution is -1.75. The fourth-order valence-electron chi connectivity index (χ4n) is 2.00. The van der Waals surface area contributed by atoms with Crippen molar-refractivity contribution in [2.45, 2.75) is 0 Å². The maximum atomic E-state index is 4.18. The zero-order valence-corrected chi connectivity index (χ0v) is 10.5.